The summed E-state index contributed by atoms with van der Waals surface area (Å²) in [6.45, 7) is 0.528. The topological polar surface area (TPSA) is 38.3 Å². The SMILES string of the molecule is O=C1NC(=S)SC1=Cc1cc(I)c(OCc2ccccc2)c(I)c1. The average molecular weight is 579 g/mol. The summed E-state index contributed by atoms with van der Waals surface area (Å²) in [5, 5.41) is 2.62. The summed E-state index contributed by atoms with van der Waals surface area (Å²) in [4.78, 5) is 12.4. The first kappa shape index (κ1) is 18.2. The minimum atomic E-state index is -0.139. The van der Waals surface area contributed by atoms with E-state index in [1.54, 1.807) is 0 Å². The Labute approximate surface area is 176 Å². The number of ether oxygens (including phenoxy) is 1. The fourth-order valence-corrected chi connectivity index (χ4v) is 5.27. The van der Waals surface area contributed by atoms with Crippen molar-refractivity contribution < 1.29 is 9.53 Å². The highest BCUT2D eigenvalue weighted by Gasteiger charge is 2.22. The van der Waals surface area contributed by atoms with Crippen LogP contribution in [0.2, 0.25) is 0 Å². The van der Waals surface area contributed by atoms with E-state index in [4.69, 9.17) is 17.0 Å². The molecule has 2 aromatic rings. The van der Waals surface area contributed by atoms with Gasteiger partial charge in [0.1, 0.15) is 16.7 Å². The summed E-state index contributed by atoms with van der Waals surface area (Å²) in [5.74, 6) is 0.723. The smallest absolute Gasteiger partial charge is 0.263 e. The Hall–Kier alpha value is -0.650. The molecule has 0 atom stereocenters. The van der Waals surface area contributed by atoms with Crippen molar-refractivity contribution in [1.29, 1.82) is 0 Å². The first-order valence-corrected chi connectivity index (χ1v) is 10.3. The Balaban J connectivity index is 1.80. The molecule has 122 valence electrons. The second kappa shape index (κ2) is 8.15. The Morgan fingerprint density at radius 2 is 1.83 bits per heavy atom. The van der Waals surface area contributed by atoms with E-state index in [9.17, 15) is 4.79 Å². The van der Waals surface area contributed by atoms with Crippen molar-refractivity contribution in [3.05, 3.63) is 65.6 Å². The minimum absolute atomic E-state index is 0.139. The van der Waals surface area contributed by atoms with Crippen molar-refractivity contribution in [2.24, 2.45) is 0 Å². The molecule has 1 amide bonds. The van der Waals surface area contributed by atoms with Gasteiger partial charge in [-0.3, -0.25) is 4.79 Å². The van der Waals surface area contributed by atoms with Crippen molar-refractivity contribution in [3.63, 3.8) is 0 Å². The van der Waals surface area contributed by atoms with E-state index in [0.29, 0.717) is 15.8 Å². The van der Waals surface area contributed by atoms with Gasteiger partial charge in [0, 0.05) is 0 Å². The maximum absolute atomic E-state index is 11.8. The third-order valence-corrected chi connectivity index (χ3v) is 5.95. The van der Waals surface area contributed by atoms with Gasteiger partial charge in [0.2, 0.25) is 0 Å². The number of halogens is 2. The van der Waals surface area contributed by atoms with Crippen molar-refractivity contribution in [1.82, 2.24) is 5.32 Å². The van der Waals surface area contributed by atoms with Gasteiger partial charge in [-0.05, 0) is 74.5 Å². The van der Waals surface area contributed by atoms with E-state index < -0.39 is 0 Å². The summed E-state index contributed by atoms with van der Waals surface area (Å²) >= 11 is 10.8. The van der Waals surface area contributed by atoms with Crippen LogP contribution in [0.1, 0.15) is 11.1 Å². The maximum atomic E-state index is 11.8. The predicted octanol–water partition coefficient (Wildman–Crippen LogP) is 4.96. The Bertz CT molecular complexity index is 815. The number of hydrogen-bond acceptors (Lipinski definition) is 4. The Morgan fingerprint density at radius 1 is 1.17 bits per heavy atom. The largest absolute Gasteiger partial charge is 0.487 e. The van der Waals surface area contributed by atoms with Gasteiger partial charge in [-0.15, -0.1) is 0 Å². The highest BCUT2D eigenvalue weighted by molar-refractivity contribution is 14.1. The average Bonchev–Trinajstić information content (AvgIpc) is 2.85. The molecule has 24 heavy (non-hydrogen) atoms. The second-order valence-corrected chi connectivity index (χ2v) is 8.98. The number of carbonyl (C=O) groups excluding carboxylic acids is 1. The molecule has 0 bridgehead atoms. The third-order valence-electron chi connectivity index (χ3n) is 3.19. The van der Waals surface area contributed by atoms with Gasteiger partial charge in [-0.25, -0.2) is 0 Å². The van der Waals surface area contributed by atoms with Crippen LogP contribution in [0.3, 0.4) is 0 Å². The van der Waals surface area contributed by atoms with E-state index in [-0.39, 0.29) is 5.91 Å². The van der Waals surface area contributed by atoms with Crippen LogP contribution in [0.5, 0.6) is 5.75 Å². The lowest BCUT2D eigenvalue weighted by Crippen LogP contribution is -2.17. The van der Waals surface area contributed by atoms with Crippen LogP contribution in [0, 0.1) is 7.14 Å². The summed E-state index contributed by atoms with van der Waals surface area (Å²) in [6.07, 6.45) is 1.85. The predicted molar refractivity (Wildman–Crippen MR) is 119 cm³/mol. The van der Waals surface area contributed by atoms with E-state index in [1.165, 1.54) is 11.8 Å². The number of amides is 1. The quantitative estimate of drug-likeness (QED) is 0.316. The second-order valence-electron chi connectivity index (χ2n) is 4.94. The molecule has 7 heteroatoms. The lowest BCUT2D eigenvalue weighted by molar-refractivity contribution is -0.115. The summed E-state index contributed by atoms with van der Waals surface area (Å²) in [5.41, 5.74) is 2.08. The van der Waals surface area contributed by atoms with Crippen molar-refractivity contribution in [2.45, 2.75) is 6.61 Å². The molecule has 1 heterocycles. The molecule has 0 aliphatic carbocycles. The molecule has 3 rings (SSSR count). The molecule has 1 saturated heterocycles. The molecular weight excluding hydrogens is 568 g/mol. The van der Waals surface area contributed by atoms with Gasteiger partial charge in [0.15, 0.2) is 0 Å². The molecule has 1 N–H and O–H groups in total. The molecular formula is C17H11I2NO2S2. The zero-order valence-electron chi connectivity index (χ0n) is 12.2. The lowest BCUT2D eigenvalue weighted by atomic mass is 10.2. The third kappa shape index (κ3) is 4.50. The summed E-state index contributed by atoms with van der Waals surface area (Å²) < 4.78 is 8.49. The first-order valence-electron chi connectivity index (χ1n) is 6.93. The highest BCUT2D eigenvalue weighted by atomic mass is 127. The molecule has 2 aromatic carbocycles. The molecule has 1 fully saturated rings. The molecule has 1 aliphatic heterocycles. The van der Waals surface area contributed by atoms with E-state index in [2.05, 4.69) is 50.5 Å². The van der Waals surface area contributed by atoms with Crippen LogP contribution in [0.4, 0.5) is 0 Å². The monoisotopic (exact) mass is 579 g/mol. The van der Waals surface area contributed by atoms with Crippen LogP contribution in [-0.4, -0.2) is 10.2 Å². The minimum Gasteiger partial charge on any atom is -0.487 e. The summed E-state index contributed by atoms with van der Waals surface area (Å²) in [6, 6.07) is 14.1. The molecule has 0 spiro atoms. The van der Waals surface area contributed by atoms with Gasteiger partial charge < -0.3 is 10.1 Å². The highest BCUT2D eigenvalue weighted by Crippen LogP contribution is 2.32. The summed E-state index contributed by atoms with van der Waals surface area (Å²) in [7, 11) is 0. The number of carbonyl (C=O) groups is 1. The molecule has 3 nitrogen and oxygen atoms in total. The zero-order chi connectivity index (χ0) is 17.1. The van der Waals surface area contributed by atoms with E-state index in [1.807, 2.05) is 48.5 Å². The molecule has 0 radical (unpaired) electrons. The molecule has 0 saturated carbocycles. The van der Waals surface area contributed by atoms with E-state index in [0.717, 1.165) is 24.0 Å². The number of benzene rings is 2. The van der Waals surface area contributed by atoms with Crippen LogP contribution in [-0.2, 0) is 11.4 Å². The molecule has 1 aliphatic rings. The van der Waals surface area contributed by atoms with Gasteiger partial charge in [0.05, 0.1) is 12.0 Å². The Kier molecular flexibility index (Phi) is 6.17. The number of thiocarbonyl (C=S) groups is 1. The molecule has 0 aromatic heterocycles. The van der Waals surface area contributed by atoms with Crippen LogP contribution in [0.25, 0.3) is 6.08 Å². The Morgan fingerprint density at radius 3 is 2.42 bits per heavy atom. The lowest BCUT2D eigenvalue weighted by Gasteiger charge is -2.11. The number of nitrogens with one attached hydrogen (secondary N) is 1. The first-order chi connectivity index (χ1) is 11.5. The van der Waals surface area contributed by atoms with Crippen molar-refractivity contribution >= 4 is 85.5 Å². The fourth-order valence-electron chi connectivity index (χ4n) is 2.10. The van der Waals surface area contributed by atoms with Gasteiger partial charge in [0.25, 0.3) is 5.91 Å². The standard InChI is InChI=1S/C17H11I2NO2S2/c18-12-6-11(8-14-16(21)20-17(23)24-14)7-13(19)15(12)22-9-10-4-2-1-3-5-10/h1-8H,9H2,(H,20,21,23). The van der Waals surface area contributed by atoms with Crippen LogP contribution < -0.4 is 10.1 Å². The normalized spacial score (nSPS) is 15.7. The van der Waals surface area contributed by atoms with Crippen molar-refractivity contribution in [3.8, 4) is 5.75 Å². The van der Waals surface area contributed by atoms with Gasteiger partial charge in [-0.1, -0.05) is 54.3 Å². The van der Waals surface area contributed by atoms with Crippen LogP contribution in [0.15, 0.2) is 47.4 Å². The van der Waals surface area contributed by atoms with Gasteiger partial charge >= 0.3 is 0 Å². The number of rotatable bonds is 4. The number of hydrogen-bond donors (Lipinski definition) is 1. The van der Waals surface area contributed by atoms with Crippen LogP contribution >= 0.6 is 69.2 Å². The van der Waals surface area contributed by atoms with Crippen molar-refractivity contribution in [2.75, 3.05) is 0 Å². The number of thioether (sulfide) groups is 1. The fraction of sp³-hybridized carbons (Fsp3) is 0.0588. The zero-order valence-corrected chi connectivity index (χ0v) is 18.2. The molecule has 0 unspecified atom stereocenters. The maximum Gasteiger partial charge on any atom is 0.263 e. The van der Waals surface area contributed by atoms with Gasteiger partial charge in [-0.2, -0.15) is 0 Å². The van der Waals surface area contributed by atoms with E-state index >= 15 is 0 Å².